The van der Waals surface area contributed by atoms with Gasteiger partial charge in [0.1, 0.15) is 0 Å². The Balaban J connectivity index is 0.00000280. The van der Waals surface area contributed by atoms with Gasteiger partial charge in [0.05, 0.1) is 4.90 Å². The van der Waals surface area contributed by atoms with E-state index in [1.165, 1.54) is 5.56 Å². The van der Waals surface area contributed by atoms with Gasteiger partial charge in [-0.05, 0) is 60.2 Å². The molecule has 4 nitrogen and oxygen atoms in total. The second-order valence-corrected chi connectivity index (χ2v) is 9.17. The van der Waals surface area contributed by atoms with Crippen LogP contribution in [0.4, 0.5) is 5.69 Å². The smallest absolute Gasteiger partial charge is 0.261 e. The highest BCUT2D eigenvalue weighted by molar-refractivity contribution is 7.92. The zero-order valence-corrected chi connectivity index (χ0v) is 18.1. The molecular weight excluding hydrogens is 392 g/mol. The van der Waals surface area contributed by atoms with Gasteiger partial charge >= 0.3 is 0 Å². The van der Waals surface area contributed by atoms with Gasteiger partial charge in [-0.25, -0.2) is 8.42 Å². The molecule has 28 heavy (non-hydrogen) atoms. The SMILES string of the molecule is C=CCN1CCC(c2ccc(NS(=O)(=O)c3ccc(C(C)C)cc3)cc2)C1.Cl. The molecule has 0 aliphatic carbocycles. The van der Waals surface area contributed by atoms with Gasteiger partial charge in [-0.1, -0.05) is 44.2 Å². The predicted octanol–water partition coefficient (Wildman–Crippen LogP) is 5.01. The first-order valence-corrected chi connectivity index (χ1v) is 10.9. The first-order valence-electron chi connectivity index (χ1n) is 9.45. The maximum Gasteiger partial charge on any atom is 0.261 e. The van der Waals surface area contributed by atoms with E-state index >= 15 is 0 Å². The van der Waals surface area contributed by atoms with E-state index in [1.807, 2.05) is 42.5 Å². The molecule has 2 aromatic rings. The molecule has 1 N–H and O–H groups in total. The van der Waals surface area contributed by atoms with Crippen molar-refractivity contribution < 1.29 is 8.42 Å². The van der Waals surface area contributed by atoms with E-state index in [2.05, 4.69) is 30.0 Å². The highest BCUT2D eigenvalue weighted by Crippen LogP contribution is 2.28. The molecule has 1 heterocycles. The van der Waals surface area contributed by atoms with Gasteiger partial charge < -0.3 is 0 Å². The standard InChI is InChI=1S/C22H28N2O2S.ClH/c1-4-14-24-15-13-20(16-24)19-5-9-21(10-6-19)23-27(25,26)22-11-7-18(8-12-22)17(2)3;/h4-12,17,20,23H,1,13-16H2,2-3H3;1H. The fraction of sp³-hybridized carbons (Fsp3) is 0.364. The average Bonchev–Trinajstić information content (AvgIpc) is 3.11. The Labute approximate surface area is 175 Å². The van der Waals surface area contributed by atoms with Crippen molar-refractivity contribution in [1.29, 1.82) is 0 Å². The van der Waals surface area contributed by atoms with E-state index in [0.29, 0.717) is 17.5 Å². The number of benzene rings is 2. The number of sulfonamides is 1. The van der Waals surface area contributed by atoms with Crippen molar-refractivity contribution >= 4 is 28.1 Å². The summed E-state index contributed by atoms with van der Waals surface area (Å²) in [5.74, 6) is 0.874. The summed E-state index contributed by atoms with van der Waals surface area (Å²) in [4.78, 5) is 2.67. The minimum atomic E-state index is -3.57. The molecule has 1 atom stereocenters. The van der Waals surface area contributed by atoms with E-state index < -0.39 is 10.0 Å². The van der Waals surface area contributed by atoms with E-state index in [9.17, 15) is 8.42 Å². The van der Waals surface area contributed by atoms with Crippen LogP contribution in [0.2, 0.25) is 0 Å². The summed E-state index contributed by atoms with van der Waals surface area (Å²) >= 11 is 0. The molecule has 1 aliphatic heterocycles. The topological polar surface area (TPSA) is 49.4 Å². The van der Waals surface area contributed by atoms with Gasteiger partial charge in [0.25, 0.3) is 10.0 Å². The summed E-state index contributed by atoms with van der Waals surface area (Å²) in [6, 6.07) is 14.8. The Morgan fingerprint density at radius 1 is 1.14 bits per heavy atom. The zero-order valence-electron chi connectivity index (χ0n) is 16.5. The summed E-state index contributed by atoms with van der Waals surface area (Å²) < 4.78 is 27.9. The van der Waals surface area contributed by atoms with Gasteiger partial charge in [0.2, 0.25) is 0 Å². The van der Waals surface area contributed by atoms with Crippen LogP contribution in [0.3, 0.4) is 0 Å². The van der Waals surface area contributed by atoms with Crippen molar-refractivity contribution in [3.63, 3.8) is 0 Å². The van der Waals surface area contributed by atoms with Crippen LogP contribution in [-0.2, 0) is 10.0 Å². The third-order valence-electron chi connectivity index (χ3n) is 5.15. The number of nitrogens with zero attached hydrogens (tertiary/aromatic N) is 1. The lowest BCUT2D eigenvalue weighted by molar-refractivity contribution is 0.372. The quantitative estimate of drug-likeness (QED) is 0.640. The van der Waals surface area contributed by atoms with Crippen LogP contribution in [0.25, 0.3) is 0 Å². The average molecular weight is 421 g/mol. The highest BCUT2D eigenvalue weighted by atomic mass is 35.5. The van der Waals surface area contributed by atoms with Crippen molar-refractivity contribution in [3.8, 4) is 0 Å². The Hall–Kier alpha value is -1.82. The number of anilines is 1. The Kier molecular flexibility index (Phi) is 7.70. The molecule has 0 bridgehead atoms. The Morgan fingerprint density at radius 2 is 1.79 bits per heavy atom. The normalized spacial score (nSPS) is 17.3. The molecular formula is C22H29ClN2O2S. The van der Waals surface area contributed by atoms with Crippen molar-refractivity contribution in [1.82, 2.24) is 4.90 Å². The second-order valence-electron chi connectivity index (χ2n) is 7.49. The van der Waals surface area contributed by atoms with Crippen molar-refractivity contribution in [2.24, 2.45) is 0 Å². The van der Waals surface area contributed by atoms with Gasteiger partial charge in [0.15, 0.2) is 0 Å². The first kappa shape index (κ1) is 22.5. The van der Waals surface area contributed by atoms with E-state index in [1.54, 1.807) is 12.1 Å². The van der Waals surface area contributed by atoms with Crippen LogP contribution < -0.4 is 4.72 Å². The minimum absolute atomic E-state index is 0. The van der Waals surface area contributed by atoms with Gasteiger partial charge in [-0.2, -0.15) is 0 Å². The summed E-state index contributed by atoms with van der Waals surface area (Å²) in [5.41, 5.74) is 2.97. The number of hydrogen-bond acceptors (Lipinski definition) is 3. The summed E-state index contributed by atoms with van der Waals surface area (Å²) in [5, 5.41) is 0. The molecule has 0 aromatic heterocycles. The molecule has 6 heteroatoms. The van der Waals surface area contributed by atoms with Crippen molar-refractivity contribution in [2.75, 3.05) is 24.4 Å². The number of hydrogen-bond donors (Lipinski definition) is 1. The Bertz CT molecular complexity index is 878. The van der Waals surface area contributed by atoms with Gasteiger partial charge in [-0.3, -0.25) is 9.62 Å². The second kappa shape index (κ2) is 9.59. The lowest BCUT2D eigenvalue weighted by atomic mass is 9.98. The molecule has 0 saturated carbocycles. The summed E-state index contributed by atoms with van der Waals surface area (Å²) in [6.45, 7) is 11.0. The van der Waals surface area contributed by atoms with Crippen LogP contribution >= 0.6 is 12.4 Å². The number of nitrogens with one attached hydrogen (secondary N) is 1. The number of likely N-dealkylation sites (tertiary alicyclic amines) is 1. The third kappa shape index (κ3) is 5.37. The molecule has 3 rings (SSSR count). The van der Waals surface area contributed by atoms with E-state index in [-0.39, 0.29) is 17.3 Å². The number of halogens is 1. The van der Waals surface area contributed by atoms with Crippen LogP contribution in [0.1, 0.15) is 43.2 Å². The first-order chi connectivity index (χ1) is 12.9. The molecule has 1 aliphatic rings. The van der Waals surface area contributed by atoms with Crippen molar-refractivity contribution in [2.45, 2.75) is 37.0 Å². The summed E-state index contributed by atoms with van der Waals surface area (Å²) in [7, 11) is -3.57. The van der Waals surface area contributed by atoms with Crippen LogP contribution in [0.15, 0.2) is 66.1 Å². The molecule has 1 fully saturated rings. The fourth-order valence-electron chi connectivity index (χ4n) is 3.52. The zero-order chi connectivity index (χ0) is 19.4. The number of rotatable bonds is 7. The minimum Gasteiger partial charge on any atom is -0.299 e. The lowest BCUT2D eigenvalue weighted by Crippen LogP contribution is -2.19. The molecule has 0 spiro atoms. The largest absolute Gasteiger partial charge is 0.299 e. The van der Waals surface area contributed by atoms with E-state index in [4.69, 9.17) is 0 Å². The predicted molar refractivity (Wildman–Crippen MR) is 119 cm³/mol. The lowest BCUT2D eigenvalue weighted by Gasteiger charge is -2.14. The molecule has 1 unspecified atom stereocenters. The van der Waals surface area contributed by atoms with E-state index in [0.717, 1.165) is 31.6 Å². The van der Waals surface area contributed by atoms with Crippen LogP contribution in [0, 0.1) is 0 Å². The molecule has 2 aromatic carbocycles. The van der Waals surface area contributed by atoms with Crippen LogP contribution in [-0.4, -0.2) is 33.0 Å². The van der Waals surface area contributed by atoms with Gasteiger partial charge in [-0.15, -0.1) is 19.0 Å². The molecule has 0 radical (unpaired) electrons. The molecule has 0 amide bonds. The van der Waals surface area contributed by atoms with Crippen LogP contribution in [0.5, 0.6) is 0 Å². The Morgan fingerprint density at radius 3 is 2.36 bits per heavy atom. The highest BCUT2D eigenvalue weighted by Gasteiger charge is 2.23. The summed E-state index contributed by atoms with van der Waals surface area (Å²) in [6.07, 6.45) is 3.06. The fourth-order valence-corrected chi connectivity index (χ4v) is 4.58. The third-order valence-corrected chi connectivity index (χ3v) is 6.55. The maximum absolute atomic E-state index is 12.6. The molecule has 1 saturated heterocycles. The van der Waals surface area contributed by atoms with Crippen molar-refractivity contribution in [3.05, 3.63) is 72.3 Å². The maximum atomic E-state index is 12.6. The van der Waals surface area contributed by atoms with Gasteiger partial charge in [0, 0.05) is 18.8 Å². The molecule has 152 valence electrons. The monoisotopic (exact) mass is 420 g/mol.